The highest BCUT2D eigenvalue weighted by Crippen LogP contribution is 2.24. The first-order chi connectivity index (χ1) is 12.6. The summed E-state index contributed by atoms with van der Waals surface area (Å²) in [6.45, 7) is 4.06. The molecular formula is C22H22N2O2. The molecule has 132 valence electrons. The highest BCUT2D eigenvalue weighted by atomic mass is 16.2. The number of aryl methyl sites for hydroxylation is 2. The van der Waals surface area contributed by atoms with Crippen molar-refractivity contribution >= 4 is 34.0 Å². The summed E-state index contributed by atoms with van der Waals surface area (Å²) in [5, 5.41) is 7.44. The summed E-state index contributed by atoms with van der Waals surface area (Å²) in [6, 6.07) is 19.3. The minimum atomic E-state index is -0.672. The second kappa shape index (κ2) is 7.83. The predicted octanol–water partition coefficient (Wildman–Crippen LogP) is 4.54. The number of carbonyl (C=O) groups excluding carboxylic acids is 2. The van der Waals surface area contributed by atoms with Gasteiger partial charge in [0.2, 0.25) is 0 Å². The summed E-state index contributed by atoms with van der Waals surface area (Å²) < 4.78 is 0. The molecule has 4 heteroatoms. The highest BCUT2D eigenvalue weighted by Gasteiger charge is 2.17. The molecule has 3 aromatic carbocycles. The minimum absolute atomic E-state index is 0.628. The largest absolute Gasteiger partial charge is 0.317 e. The topological polar surface area (TPSA) is 58.2 Å². The van der Waals surface area contributed by atoms with Crippen molar-refractivity contribution in [1.29, 1.82) is 0 Å². The van der Waals surface area contributed by atoms with Gasteiger partial charge in [0.05, 0.1) is 0 Å². The van der Waals surface area contributed by atoms with E-state index in [-0.39, 0.29) is 0 Å². The molecule has 0 aromatic heterocycles. The third kappa shape index (κ3) is 3.59. The quantitative estimate of drug-likeness (QED) is 0.681. The van der Waals surface area contributed by atoms with Gasteiger partial charge in [0.25, 0.3) is 0 Å². The molecule has 0 spiro atoms. The van der Waals surface area contributed by atoms with Gasteiger partial charge in [-0.3, -0.25) is 9.59 Å². The van der Waals surface area contributed by atoms with E-state index in [2.05, 4.69) is 10.6 Å². The molecular weight excluding hydrogens is 324 g/mol. The third-order valence-electron chi connectivity index (χ3n) is 4.48. The molecule has 3 aromatic rings. The number of para-hydroxylation sites is 1. The van der Waals surface area contributed by atoms with Gasteiger partial charge in [0.15, 0.2) is 0 Å². The number of benzene rings is 3. The van der Waals surface area contributed by atoms with Gasteiger partial charge in [-0.05, 0) is 35.4 Å². The van der Waals surface area contributed by atoms with Crippen molar-refractivity contribution in [3.63, 3.8) is 0 Å². The highest BCUT2D eigenvalue weighted by molar-refractivity contribution is 6.44. The van der Waals surface area contributed by atoms with E-state index >= 15 is 0 Å². The van der Waals surface area contributed by atoms with Gasteiger partial charge >= 0.3 is 11.8 Å². The van der Waals surface area contributed by atoms with E-state index < -0.39 is 11.8 Å². The van der Waals surface area contributed by atoms with E-state index in [0.29, 0.717) is 5.69 Å². The Morgan fingerprint density at radius 3 is 2.00 bits per heavy atom. The molecule has 2 N–H and O–H groups in total. The minimum Gasteiger partial charge on any atom is -0.317 e. The van der Waals surface area contributed by atoms with Crippen LogP contribution in [0.2, 0.25) is 0 Å². The van der Waals surface area contributed by atoms with Crippen molar-refractivity contribution in [2.24, 2.45) is 0 Å². The molecule has 4 nitrogen and oxygen atoms in total. The molecule has 0 heterocycles. The van der Waals surface area contributed by atoms with E-state index in [1.807, 2.05) is 68.4 Å². The fourth-order valence-electron chi connectivity index (χ4n) is 3.09. The molecule has 0 radical (unpaired) electrons. The molecule has 0 atom stereocenters. The van der Waals surface area contributed by atoms with E-state index in [0.717, 1.165) is 40.4 Å². The van der Waals surface area contributed by atoms with Crippen molar-refractivity contribution < 1.29 is 9.59 Å². The van der Waals surface area contributed by atoms with Crippen LogP contribution in [0.25, 0.3) is 10.8 Å². The van der Waals surface area contributed by atoms with Crippen LogP contribution in [0, 0.1) is 0 Å². The van der Waals surface area contributed by atoms with Crippen LogP contribution in [0.3, 0.4) is 0 Å². The fraction of sp³-hybridized carbons (Fsp3) is 0.182. The number of amides is 2. The average Bonchev–Trinajstić information content (AvgIpc) is 2.68. The second-order valence-electron chi connectivity index (χ2n) is 6.09. The first-order valence-electron chi connectivity index (χ1n) is 8.84. The Kier molecular flexibility index (Phi) is 5.32. The zero-order valence-corrected chi connectivity index (χ0v) is 15.0. The number of rotatable bonds is 4. The molecule has 26 heavy (non-hydrogen) atoms. The predicted molar refractivity (Wildman–Crippen MR) is 106 cm³/mol. The maximum absolute atomic E-state index is 12.5. The normalized spacial score (nSPS) is 10.5. The first kappa shape index (κ1) is 17.7. The maximum atomic E-state index is 12.5. The van der Waals surface area contributed by atoms with Crippen molar-refractivity contribution in [2.45, 2.75) is 26.7 Å². The number of nitrogens with one attached hydrogen (secondary N) is 2. The summed E-state index contributed by atoms with van der Waals surface area (Å²) in [6.07, 6.45) is 1.57. The Hall–Kier alpha value is -3.14. The van der Waals surface area contributed by atoms with E-state index in [1.165, 1.54) is 0 Å². The van der Waals surface area contributed by atoms with Crippen LogP contribution in [-0.2, 0) is 22.4 Å². The average molecular weight is 346 g/mol. The maximum Gasteiger partial charge on any atom is 0.314 e. The fourth-order valence-corrected chi connectivity index (χ4v) is 3.09. The summed E-state index contributed by atoms with van der Waals surface area (Å²) in [4.78, 5) is 24.9. The second-order valence-corrected chi connectivity index (χ2v) is 6.09. The van der Waals surface area contributed by atoms with Crippen LogP contribution in [-0.4, -0.2) is 11.8 Å². The smallest absolute Gasteiger partial charge is 0.314 e. The van der Waals surface area contributed by atoms with Crippen molar-refractivity contribution in [3.05, 3.63) is 71.8 Å². The van der Waals surface area contributed by atoms with Crippen molar-refractivity contribution in [2.75, 3.05) is 10.6 Å². The zero-order valence-electron chi connectivity index (χ0n) is 15.0. The molecule has 0 aliphatic rings. The van der Waals surface area contributed by atoms with E-state index in [9.17, 15) is 9.59 Å². The van der Waals surface area contributed by atoms with E-state index in [1.54, 1.807) is 6.07 Å². The number of hydrogen-bond donors (Lipinski definition) is 2. The Morgan fingerprint density at radius 2 is 1.31 bits per heavy atom. The molecule has 0 saturated heterocycles. The molecule has 0 aliphatic carbocycles. The Labute approximate surface area is 153 Å². The van der Waals surface area contributed by atoms with Gasteiger partial charge in [-0.2, -0.15) is 0 Å². The van der Waals surface area contributed by atoms with Gasteiger partial charge in [0.1, 0.15) is 0 Å². The van der Waals surface area contributed by atoms with Gasteiger partial charge in [-0.15, -0.1) is 0 Å². The molecule has 0 unspecified atom stereocenters. The lowest BCUT2D eigenvalue weighted by Gasteiger charge is -2.14. The number of hydrogen-bond acceptors (Lipinski definition) is 2. The van der Waals surface area contributed by atoms with Gasteiger partial charge in [0, 0.05) is 16.8 Å². The van der Waals surface area contributed by atoms with Crippen LogP contribution in [0.4, 0.5) is 11.4 Å². The molecule has 2 amide bonds. The Balaban J connectivity index is 1.82. The Morgan fingerprint density at radius 1 is 0.731 bits per heavy atom. The standard InChI is InChI=1S/C22H22N2O2/c1-3-15-10-7-11-16(4-2)20(15)24-22(26)21(25)23-19-14-8-12-17-9-5-6-13-18(17)19/h5-14H,3-4H2,1-2H3,(H,23,25)(H,24,26). The lowest BCUT2D eigenvalue weighted by atomic mass is 10.0. The van der Waals surface area contributed by atoms with Gasteiger partial charge in [-0.1, -0.05) is 68.4 Å². The SMILES string of the molecule is CCc1cccc(CC)c1NC(=O)C(=O)Nc1cccc2ccccc12. The number of anilines is 2. The van der Waals surface area contributed by atoms with Crippen LogP contribution < -0.4 is 10.6 Å². The van der Waals surface area contributed by atoms with Gasteiger partial charge in [-0.25, -0.2) is 0 Å². The molecule has 3 rings (SSSR count). The van der Waals surface area contributed by atoms with Gasteiger partial charge < -0.3 is 10.6 Å². The van der Waals surface area contributed by atoms with Crippen LogP contribution in [0.15, 0.2) is 60.7 Å². The number of carbonyl (C=O) groups is 2. The third-order valence-corrected chi connectivity index (χ3v) is 4.48. The molecule has 0 bridgehead atoms. The first-order valence-corrected chi connectivity index (χ1v) is 8.84. The summed E-state index contributed by atoms with van der Waals surface area (Å²) in [7, 11) is 0. The van der Waals surface area contributed by atoms with E-state index in [4.69, 9.17) is 0 Å². The molecule has 0 saturated carbocycles. The van der Waals surface area contributed by atoms with Crippen LogP contribution in [0.1, 0.15) is 25.0 Å². The zero-order chi connectivity index (χ0) is 18.5. The lowest BCUT2D eigenvalue weighted by Crippen LogP contribution is -2.30. The molecule has 0 aliphatic heterocycles. The number of fused-ring (bicyclic) bond motifs is 1. The van der Waals surface area contributed by atoms with Crippen LogP contribution in [0.5, 0.6) is 0 Å². The monoisotopic (exact) mass is 346 g/mol. The summed E-state index contributed by atoms with van der Waals surface area (Å²) in [5.41, 5.74) is 3.42. The van der Waals surface area contributed by atoms with Crippen molar-refractivity contribution in [3.8, 4) is 0 Å². The summed E-state index contributed by atoms with van der Waals surface area (Å²) in [5.74, 6) is -1.33. The molecule has 0 fully saturated rings. The summed E-state index contributed by atoms with van der Waals surface area (Å²) >= 11 is 0. The lowest BCUT2D eigenvalue weighted by molar-refractivity contribution is -0.132. The Bertz CT molecular complexity index is 936. The van der Waals surface area contributed by atoms with Crippen LogP contribution >= 0.6 is 0 Å². The van der Waals surface area contributed by atoms with Crippen molar-refractivity contribution in [1.82, 2.24) is 0 Å².